The van der Waals surface area contributed by atoms with E-state index in [-0.39, 0.29) is 5.91 Å². The Labute approximate surface area is 130 Å². The number of carbonyl (C=O) groups excluding carboxylic acids is 1. The van der Waals surface area contributed by atoms with Crippen molar-refractivity contribution in [3.8, 4) is 0 Å². The van der Waals surface area contributed by atoms with Crippen molar-refractivity contribution < 1.29 is 9.90 Å². The van der Waals surface area contributed by atoms with Crippen LogP contribution < -0.4 is 5.32 Å². The maximum atomic E-state index is 11.7. The number of nitrogens with one attached hydrogen (secondary N) is 1. The molecule has 0 aliphatic heterocycles. The van der Waals surface area contributed by atoms with Crippen LogP contribution in [0.5, 0.6) is 0 Å². The minimum absolute atomic E-state index is 0.0377. The molecule has 0 aliphatic carbocycles. The average Bonchev–Trinajstić information content (AvgIpc) is 2.47. The quantitative estimate of drug-likeness (QED) is 0.774. The highest BCUT2D eigenvalue weighted by Crippen LogP contribution is 2.16. The zero-order valence-electron chi connectivity index (χ0n) is 12.0. The number of thioether (sulfide) groups is 1. The van der Waals surface area contributed by atoms with Crippen LogP contribution in [0.3, 0.4) is 0 Å². The van der Waals surface area contributed by atoms with Gasteiger partial charge in [0.15, 0.2) is 0 Å². The highest BCUT2D eigenvalue weighted by molar-refractivity contribution is 7.99. The molecule has 20 heavy (non-hydrogen) atoms. The predicted octanol–water partition coefficient (Wildman–Crippen LogP) is 3.24. The van der Waals surface area contributed by atoms with E-state index >= 15 is 0 Å². The normalized spacial score (nSPS) is 11.4. The summed E-state index contributed by atoms with van der Waals surface area (Å²) in [5.41, 5.74) is 0.363. The van der Waals surface area contributed by atoms with Gasteiger partial charge in [0.1, 0.15) is 0 Å². The molecular weight excluding hydrogens is 294 g/mol. The third kappa shape index (κ3) is 6.16. The fourth-order valence-corrected chi connectivity index (χ4v) is 2.60. The maximum Gasteiger partial charge on any atom is 0.230 e. The molecule has 0 bridgehead atoms. The zero-order chi connectivity index (χ0) is 15.0. The van der Waals surface area contributed by atoms with Crippen molar-refractivity contribution in [2.45, 2.75) is 38.0 Å². The van der Waals surface area contributed by atoms with Crippen LogP contribution in [0.4, 0.5) is 0 Å². The Morgan fingerprint density at radius 3 is 2.45 bits per heavy atom. The largest absolute Gasteiger partial charge is 0.388 e. The monoisotopic (exact) mass is 315 g/mol. The Morgan fingerprint density at radius 2 is 1.90 bits per heavy atom. The third-order valence-corrected chi connectivity index (χ3v) is 4.60. The van der Waals surface area contributed by atoms with Crippen LogP contribution in [-0.2, 0) is 10.5 Å². The molecule has 0 atom stereocenters. The number of hydrogen-bond acceptors (Lipinski definition) is 3. The van der Waals surface area contributed by atoms with Gasteiger partial charge in [0, 0.05) is 17.3 Å². The average molecular weight is 316 g/mol. The van der Waals surface area contributed by atoms with Crippen LogP contribution in [0.2, 0.25) is 5.02 Å². The molecule has 0 spiro atoms. The Kier molecular flexibility index (Phi) is 7.41. The molecular formula is C15H22ClNO2S. The first-order valence-electron chi connectivity index (χ1n) is 6.80. The molecule has 0 saturated carbocycles. The van der Waals surface area contributed by atoms with Crippen molar-refractivity contribution in [2.24, 2.45) is 0 Å². The molecule has 0 aliphatic rings. The van der Waals surface area contributed by atoms with Crippen molar-refractivity contribution in [1.82, 2.24) is 5.32 Å². The van der Waals surface area contributed by atoms with E-state index in [0.717, 1.165) is 16.3 Å². The first-order chi connectivity index (χ1) is 9.49. The number of aliphatic hydroxyl groups is 1. The standard InChI is InChI=1S/C15H22ClNO2S/c1-3-15(19,4-2)11-17-14(18)10-20-9-12-5-7-13(16)8-6-12/h5-8,19H,3-4,9-11H2,1-2H3,(H,17,18). The van der Waals surface area contributed by atoms with Gasteiger partial charge in [-0.05, 0) is 30.5 Å². The molecule has 0 heterocycles. The van der Waals surface area contributed by atoms with Crippen molar-refractivity contribution in [2.75, 3.05) is 12.3 Å². The van der Waals surface area contributed by atoms with Gasteiger partial charge in [-0.1, -0.05) is 37.6 Å². The molecule has 1 aromatic rings. The van der Waals surface area contributed by atoms with Gasteiger partial charge in [-0.25, -0.2) is 0 Å². The molecule has 1 aromatic carbocycles. The SMILES string of the molecule is CCC(O)(CC)CNC(=O)CSCc1ccc(Cl)cc1. The van der Waals surface area contributed by atoms with E-state index in [1.807, 2.05) is 38.1 Å². The van der Waals surface area contributed by atoms with E-state index < -0.39 is 5.60 Å². The smallest absolute Gasteiger partial charge is 0.230 e. The maximum absolute atomic E-state index is 11.7. The lowest BCUT2D eigenvalue weighted by Crippen LogP contribution is -2.42. The molecule has 0 unspecified atom stereocenters. The lowest BCUT2D eigenvalue weighted by atomic mass is 9.98. The molecule has 3 nitrogen and oxygen atoms in total. The second-order valence-corrected chi connectivity index (χ2v) is 6.25. The molecule has 1 amide bonds. The minimum Gasteiger partial charge on any atom is -0.388 e. The van der Waals surface area contributed by atoms with E-state index in [4.69, 9.17) is 11.6 Å². The summed E-state index contributed by atoms with van der Waals surface area (Å²) >= 11 is 7.36. The van der Waals surface area contributed by atoms with E-state index in [1.165, 1.54) is 0 Å². The summed E-state index contributed by atoms with van der Waals surface area (Å²) in [5, 5.41) is 13.6. The first kappa shape index (κ1) is 17.3. The van der Waals surface area contributed by atoms with Crippen LogP contribution in [0, 0.1) is 0 Å². The number of rotatable bonds is 8. The van der Waals surface area contributed by atoms with Crippen molar-refractivity contribution in [1.29, 1.82) is 0 Å². The van der Waals surface area contributed by atoms with E-state index in [0.29, 0.717) is 25.1 Å². The summed E-state index contributed by atoms with van der Waals surface area (Å²) < 4.78 is 0. The second-order valence-electron chi connectivity index (χ2n) is 4.83. The third-order valence-electron chi connectivity index (χ3n) is 3.35. The number of hydrogen-bond donors (Lipinski definition) is 2. The molecule has 112 valence electrons. The highest BCUT2D eigenvalue weighted by Gasteiger charge is 2.22. The molecule has 2 N–H and O–H groups in total. The number of carbonyl (C=O) groups is 1. The molecule has 5 heteroatoms. The first-order valence-corrected chi connectivity index (χ1v) is 8.33. The van der Waals surface area contributed by atoms with E-state index in [9.17, 15) is 9.90 Å². The molecule has 1 rings (SSSR count). The molecule has 0 radical (unpaired) electrons. The van der Waals surface area contributed by atoms with E-state index in [2.05, 4.69) is 5.32 Å². The zero-order valence-corrected chi connectivity index (χ0v) is 13.6. The summed E-state index contributed by atoms with van der Waals surface area (Å²) in [6.07, 6.45) is 1.28. The molecule has 0 saturated heterocycles. The Hall–Kier alpha value is -0.710. The Bertz CT molecular complexity index is 418. The van der Waals surface area contributed by atoms with Gasteiger partial charge in [0.05, 0.1) is 11.4 Å². The van der Waals surface area contributed by atoms with Crippen LogP contribution >= 0.6 is 23.4 Å². The number of benzene rings is 1. The number of amides is 1. The lowest BCUT2D eigenvalue weighted by molar-refractivity contribution is -0.119. The summed E-state index contributed by atoms with van der Waals surface area (Å²) in [5.74, 6) is 1.13. The predicted molar refractivity (Wildman–Crippen MR) is 86.2 cm³/mol. The van der Waals surface area contributed by atoms with Gasteiger partial charge >= 0.3 is 0 Å². The summed E-state index contributed by atoms with van der Waals surface area (Å²) in [6, 6.07) is 7.61. The van der Waals surface area contributed by atoms with Gasteiger partial charge in [-0.3, -0.25) is 4.79 Å². The minimum atomic E-state index is -0.781. The van der Waals surface area contributed by atoms with Gasteiger partial charge < -0.3 is 10.4 Å². The fraction of sp³-hybridized carbons (Fsp3) is 0.533. The van der Waals surface area contributed by atoms with Crippen LogP contribution in [0.15, 0.2) is 24.3 Å². The molecule has 0 fully saturated rings. The number of halogens is 1. The van der Waals surface area contributed by atoms with Crippen LogP contribution in [0.25, 0.3) is 0 Å². The lowest BCUT2D eigenvalue weighted by Gasteiger charge is -2.25. The summed E-state index contributed by atoms with van der Waals surface area (Å²) in [6.45, 7) is 4.16. The van der Waals surface area contributed by atoms with E-state index in [1.54, 1.807) is 11.8 Å². The van der Waals surface area contributed by atoms with Gasteiger partial charge in [-0.2, -0.15) is 0 Å². The van der Waals surface area contributed by atoms with Gasteiger partial charge in [-0.15, -0.1) is 11.8 Å². The van der Waals surface area contributed by atoms with Crippen molar-refractivity contribution >= 4 is 29.3 Å². The van der Waals surface area contributed by atoms with Crippen molar-refractivity contribution in [3.63, 3.8) is 0 Å². The van der Waals surface area contributed by atoms with Crippen LogP contribution in [0.1, 0.15) is 32.3 Å². The topological polar surface area (TPSA) is 49.3 Å². The molecule has 0 aromatic heterocycles. The Morgan fingerprint density at radius 1 is 1.30 bits per heavy atom. The van der Waals surface area contributed by atoms with Gasteiger partial charge in [0.2, 0.25) is 5.91 Å². The van der Waals surface area contributed by atoms with Crippen molar-refractivity contribution in [3.05, 3.63) is 34.9 Å². The summed E-state index contributed by atoms with van der Waals surface area (Å²) in [4.78, 5) is 11.7. The van der Waals surface area contributed by atoms with Gasteiger partial charge in [0.25, 0.3) is 0 Å². The second kappa shape index (κ2) is 8.55. The Balaban J connectivity index is 2.25. The highest BCUT2D eigenvalue weighted by atomic mass is 35.5. The fourth-order valence-electron chi connectivity index (χ4n) is 1.66. The summed E-state index contributed by atoms with van der Waals surface area (Å²) in [7, 11) is 0. The van der Waals surface area contributed by atoms with Crippen LogP contribution in [-0.4, -0.2) is 28.9 Å².